The molecule has 23 heteroatoms. The van der Waals surface area contributed by atoms with Crippen molar-refractivity contribution < 1.29 is 90.3 Å². The highest BCUT2D eigenvalue weighted by molar-refractivity contribution is 14.1. The molecular formula is C8F18IO3S-. The topological polar surface area (TPSA) is 49.4 Å². The van der Waals surface area contributed by atoms with Crippen molar-refractivity contribution in [2.24, 2.45) is 0 Å². The molecule has 0 spiro atoms. The van der Waals surface area contributed by atoms with Gasteiger partial charge in [-0.05, 0) is 0 Å². The Morgan fingerprint density at radius 2 is 0.613 bits per heavy atom. The van der Waals surface area contributed by atoms with Gasteiger partial charge in [-0.1, -0.05) is 0 Å². The second-order valence-corrected chi connectivity index (χ2v) is 6.32. The van der Waals surface area contributed by atoms with E-state index in [4.69, 9.17) is 8.76 Å². The molecule has 0 aromatic heterocycles. The third-order valence-corrected chi connectivity index (χ3v) is 3.72. The molecule has 0 amide bonds. The van der Waals surface area contributed by atoms with Crippen molar-refractivity contribution in [3.05, 3.63) is 0 Å². The molecular weight excluding hydrogens is 645 g/mol. The van der Waals surface area contributed by atoms with Gasteiger partial charge in [-0.2, -0.15) is 79.0 Å². The van der Waals surface area contributed by atoms with E-state index in [9.17, 15) is 79.0 Å². The predicted molar refractivity (Wildman–Crippen MR) is 65.8 cm³/mol. The van der Waals surface area contributed by atoms with Crippen molar-refractivity contribution in [3.8, 4) is 0 Å². The van der Waals surface area contributed by atoms with Crippen LogP contribution in [0.25, 0.3) is 0 Å². The first kappa shape index (κ1) is 32.7. The van der Waals surface area contributed by atoms with E-state index < -0.39 is 59.2 Å². The molecule has 0 aromatic rings. The third-order valence-electron chi connectivity index (χ3n) is 2.74. The lowest BCUT2D eigenvalue weighted by Crippen LogP contribution is -2.74. The molecule has 1 unspecified atom stereocenters. The predicted octanol–water partition coefficient (Wildman–Crippen LogP) is 6.07. The Balaban J connectivity index is 0. The highest BCUT2D eigenvalue weighted by Gasteiger charge is 2.95. The van der Waals surface area contributed by atoms with Crippen LogP contribution in [0.5, 0.6) is 0 Å². The summed E-state index contributed by atoms with van der Waals surface area (Å²) in [7, 11) is 0. The maximum atomic E-state index is 12.8. The molecule has 0 aromatic carbocycles. The minimum atomic E-state index is -8.72. The van der Waals surface area contributed by atoms with Gasteiger partial charge in [0.15, 0.2) is 0 Å². The van der Waals surface area contributed by atoms with Gasteiger partial charge in [-0.15, -0.1) is 0 Å². The van der Waals surface area contributed by atoms with Crippen LogP contribution < -0.4 is 0 Å². The van der Waals surface area contributed by atoms with E-state index in [0.717, 1.165) is 0 Å². The van der Waals surface area contributed by atoms with Crippen molar-refractivity contribution in [2.75, 3.05) is 0 Å². The van der Waals surface area contributed by atoms with Gasteiger partial charge in [0.2, 0.25) is 0 Å². The maximum Gasteiger partial charge on any atom is 0.460 e. The van der Waals surface area contributed by atoms with Gasteiger partial charge in [-0.3, -0.25) is 0 Å². The van der Waals surface area contributed by atoms with Crippen LogP contribution >= 0.6 is 23.0 Å². The Bertz CT molecular complexity index is 591. The van der Waals surface area contributed by atoms with Crippen molar-refractivity contribution in [3.63, 3.8) is 0 Å². The van der Waals surface area contributed by atoms with Gasteiger partial charge < -0.3 is 4.55 Å². The monoisotopic (exact) mass is 645 g/mol. The van der Waals surface area contributed by atoms with Gasteiger partial charge in [0.05, 0.1) is 11.4 Å². The Kier molecular flexibility index (Phi) is 9.56. The zero-order valence-electron chi connectivity index (χ0n) is 12.8. The highest BCUT2D eigenvalue weighted by atomic mass is 127. The maximum absolute atomic E-state index is 12.8. The average Bonchev–Trinajstić information content (AvgIpc) is 2.52. The second-order valence-electron chi connectivity index (χ2n) is 4.71. The van der Waals surface area contributed by atoms with E-state index in [0.29, 0.717) is 0 Å². The fourth-order valence-corrected chi connectivity index (χ4v) is 1.14. The average molecular weight is 645 g/mol. The molecule has 190 valence electrons. The summed E-state index contributed by atoms with van der Waals surface area (Å²) < 4.78 is 243. The van der Waals surface area contributed by atoms with E-state index >= 15 is 0 Å². The fraction of sp³-hybridized carbons (Fsp3) is 1.00. The van der Waals surface area contributed by atoms with Crippen LogP contribution in [0.3, 0.4) is 0 Å². The Hall–Kier alpha value is -0.460. The molecule has 0 aliphatic heterocycles. The first-order valence-electron chi connectivity index (χ1n) is 5.81. The van der Waals surface area contributed by atoms with Crippen LogP contribution in [0.15, 0.2) is 0 Å². The summed E-state index contributed by atoms with van der Waals surface area (Å²) in [6.07, 6.45) is -15.6. The second kappa shape index (κ2) is 9.06. The standard InChI is InChI=1S/C8F18.HIO3S/c9-1(10,3(13,14)5(17,18)7(21,22)23)2(11,12)4(15,16)6(19,20)8(24,25)26;1-4-5(2)3/h;(H,2,3)/p-1. The van der Waals surface area contributed by atoms with E-state index in [-0.39, 0.29) is 0 Å². The summed E-state index contributed by atoms with van der Waals surface area (Å²) in [5.74, 6) is -51.0. The molecule has 0 saturated carbocycles. The lowest BCUT2D eigenvalue weighted by atomic mass is 9.91. The molecule has 0 fully saturated rings. The van der Waals surface area contributed by atoms with Crippen molar-refractivity contribution in [1.82, 2.24) is 0 Å². The molecule has 0 aliphatic rings. The molecule has 0 aliphatic carbocycles. The summed E-state index contributed by atoms with van der Waals surface area (Å²) in [4.78, 5) is 0. The largest absolute Gasteiger partial charge is 0.749 e. The molecule has 0 radical (unpaired) electrons. The van der Waals surface area contributed by atoms with Crippen LogP contribution in [0.4, 0.5) is 79.0 Å². The Morgan fingerprint density at radius 1 is 0.484 bits per heavy atom. The quantitative estimate of drug-likeness (QED) is 0.200. The SMILES string of the molecule is FC(F)(F)C(F)(F)C(F)(F)C(F)(F)C(F)(F)C(F)(F)C(F)(F)C(F)(F)F.O=S([O-])OI. The van der Waals surface area contributed by atoms with E-state index in [2.05, 4.69) is 2.51 Å². The summed E-state index contributed by atoms with van der Waals surface area (Å²) in [6, 6.07) is 0. The van der Waals surface area contributed by atoms with Gasteiger partial charge in [0.1, 0.15) is 23.0 Å². The van der Waals surface area contributed by atoms with Crippen LogP contribution in [0.2, 0.25) is 0 Å². The summed E-state index contributed by atoms with van der Waals surface area (Å²) in [5.41, 5.74) is 0. The van der Waals surface area contributed by atoms with Crippen LogP contribution in [0.1, 0.15) is 0 Å². The Labute approximate surface area is 173 Å². The summed E-state index contributed by atoms with van der Waals surface area (Å²) in [5, 5.41) is 0. The molecule has 0 saturated heterocycles. The third kappa shape index (κ3) is 5.38. The molecule has 0 heterocycles. The number of hydrogen-bond donors (Lipinski definition) is 0. The molecule has 0 rings (SSSR count). The van der Waals surface area contributed by atoms with Crippen LogP contribution in [-0.4, -0.2) is 56.6 Å². The molecule has 31 heavy (non-hydrogen) atoms. The Morgan fingerprint density at radius 3 is 0.710 bits per heavy atom. The van der Waals surface area contributed by atoms with E-state index in [1.54, 1.807) is 0 Å². The van der Waals surface area contributed by atoms with Crippen LogP contribution in [-0.2, 0) is 13.9 Å². The summed E-state index contributed by atoms with van der Waals surface area (Å²) in [6.45, 7) is 0. The number of hydrogen-bond acceptors (Lipinski definition) is 3. The molecule has 3 nitrogen and oxygen atoms in total. The van der Waals surface area contributed by atoms with Crippen molar-refractivity contribution in [1.29, 1.82) is 0 Å². The van der Waals surface area contributed by atoms with Gasteiger partial charge in [0, 0.05) is 0 Å². The fourth-order valence-electron chi connectivity index (χ4n) is 1.14. The van der Waals surface area contributed by atoms with Crippen molar-refractivity contribution in [2.45, 2.75) is 47.9 Å². The zero-order valence-corrected chi connectivity index (χ0v) is 15.8. The minimum Gasteiger partial charge on any atom is -0.749 e. The van der Waals surface area contributed by atoms with E-state index in [1.807, 2.05) is 0 Å². The van der Waals surface area contributed by atoms with Gasteiger partial charge in [0.25, 0.3) is 0 Å². The first-order chi connectivity index (χ1) is 13.0. The number of rotatable bonds is 6. The van der Waals surface area contributed by atoms with Gasteiger partial charge in [-0.25, -0.2) is 6.72 Å². The van der Waals surface area contributed by atoms with Crippen molar-refractivity contribution >= 4 is 34.4 Å². The normalized spacial score (nSPS) is 16.5. The smallest absolute Gasteiger partial charge is 0.460 e. The lowest BCUT2D eigenvalue weighted by Gasteiger charge is -2.41. The van der Waals surface area contributed by atoms with Crippen LogP contribution in [0, 0.1) is 0 Å². The first-order valence-corrected chi connectivity index (χ1v) is 7.69. The lowest BCUT2D eigenvalue weighted by molar-refractivity contribution is -0.468. The molecule has 1 atom stereocenters. The zero-order chi connectivity index (χ0) is 26.3. The van der Waals surface area contributed by atoms with Gasteiger partial charge >= 0.3 is 47.9 Å². The molecule has 0 bridgehead atoms. The number of halogens is 19. The summed E-state index contributed by atoms with van der Waals surface area (Å²) >= 11 is -1.07. The molecule has 0 N–H and O–H groups in total. The van der Waals surface area contributed by atoms with E-state index in [1.165, 1.54) is 23.0 Å². The minimum absolute atomic E-state index is 1.26. The highest BCUT2D eigenvalue weighted by Crippen LogP contribution is 2.63. The number of alkyl halides is 18.